The Bertz CT molecular complexity index is 866. The average molecular weight is 266 g/mol. The maximum atomic E-state index is 4.93. The lowest BCUT2D eigenvalue weighted by atomic mass is 10.1. The maximum Gasteiger partial charge on any atom is 0.272 e. The fourth-order valence-corrected chi connectivity index (χ4v) is 2.39. The lowest BCUT2D eigenvalue weighted by Crippen LogP contribution is -2.06. The highest BCUT2D eigenvalue weighted by Crippen LogP contribution is 2.34. The van der Waals surface area contributed by atoms with E-state index in [1.165, 1.54) is 7.11 Å². The van der Waals surface area contributed by atoms with E-state index in [-0.39, 0.29) is 0 Å². The van der Waals surface area contributed by atoms with E-state index in [0.29, 0.717) is 23.0 Å². The number of fused-ring (bicyclic) bond motifs is 4. The summed E-state index contributed by atoms with van der Waals surface area (Å²) < 4.78 is 1.63. The van der Waals surface area contributed by atoms with Crippen molar-refractivity contribution in [2.24, 2.45) is 5.16 Å². The molecule has 1 aromatic carbocycles. The lowest BCUT2D eigenvalue weighted by molar-refractivity contribution is 0.214. The van der Waals surface area contributed by atoms with Gasteiger partial charge in [0.15, 0.2) is 5.82 Å². The third-order valence-electron chi connectivity index (χ3n) is 3.26. The Morgan fingerprint density at radius 2 is 1.90 bits per heavy atom. The molecular weight excluding hydrogens is 256 g/mol. The fraction of sp³-hybridized carbons (Fsp3) is 0.154. The predicted octanol–water partition coefficient (Wildman–Crippen LogP) is 1.21. The van der Waals surface area contributed by atoms with Crippen molar-refractivity contribution in [1.82, 2.24) is 24.8 Å². The third kappa shape index (κ3) is 1.31. The summed E-state index contributed by atoms with van der Waals surface area (Å²) in [5.41, 5.74) is 4.07. The van der Waals surface area contributed by atoms with Crippen LogP contribution in [-0.4, -0.2) is 37.6 Å². The van der Waals surface area contributed by atoms with Crippen LogP contribution in [0.5, 0.6) is 0 Å². The molecule has 20 heavy (non-hydrogen) atoms. The second-order valence-electron chi connectivity index (χ2n) is 4.44. The molecule has 0 atom stereocenters. The predicted molar refractivity (Wildman–Crippen MR) is 71.4 cm³/mol. The second kappa shape index (κ2) is 3.83. The lowest BCUT2D eigenvalue weighted by Gasteiger charge is -1.99. The van der Waals surface area contributed by atoms with Crippen LogP contribution >= 0.6 is 0 Å². The zero-order valence-electron chi connectivity index (χ0n) is 10.9. The number of hydrogen-bond donors (Lipinski definition) is 0. The highest BCUT2D eigenvalue weighted by atomic mass is 16.6. The van der Waals surface area contributed by atoms with Gasteiger partial charge in [0.25, 0.3) is 5.78 Å². The van der Waals surface area contributed by atoms with Gasteiger partial charge in [-0.3, -0.25) is 0 Å². The molecule has 0 fully saturated rings. The van der Waals surface area contributed by atoms with Gasteiger partial charge in [-0.1, -0.05) is 29.4 Å². The smallest absolute Gasteiger partial charge is 0.272 e. The molecule has 0 spiro atoms. The highest BCUT2D eigenvalue weighted by Gasteiger charge is 2.29. The molecule has 0 N–H and O–H groups in total. The molecule has 0 saturated carbocycles. The molecular formula is C13H10N6O. The van der Waals surface area contributed by atoms with Gasteiger partial charge in [0.2, 0.25) is 0 Å². The van der Waals surface area contributed by atoms with Crippen molar-refractivity contribution >= 4 is 11.5 Å². The first-order valence-electron chi connectivity index (χ1n) is 6.11. The first-order chi connectivity index (χ1) is 9.79. The number of aromatic nitrogens is 5. The van der Waals surface area contributed by atoms with Gasteiger partial charge >= 0.3 is 0 Å². The molecule has 2 heterocycles. The van der Waals surface area contributed by atoms with Gasteiger partial charge in [0, 0.05) is 11.1 Å². The van der Waals surface area contributed by atoms with Crippen molar-refractivity contribution in [2.45, 2.75) is 6.92 Å². The molecule has 0 saturated heterocycles. The van der Waals surface area contributed by atoms with E-state index in [9.17, 15) is 0 Å². The van der Waals surface area contributed by atoms with E-state index in [0.717, 1.165) is 16.8 Å². The van der Waals surface area contributed by atoms with E-state index in [1.807, 2.05) is 31.2 Å². The number of rotatable bonds is 1. The van der Waals surface area contributed by atoms with Gasteiger partial charge in [-0.15, -0.1) is 10.2 Å². The average Bonchev–Trinajstić information content (AvgIpc) is 2.98. The molecule has 0 bridgehead atoms. The summed E-state index contributed by atoms with van der Waals surface area (Å²) in [4.78, 5) is 9.44. The van der Waals surface area contributed by atoms with Crippen molar-refractivity contribution in [3.05, 3.63) is 41.3 Å². The molecule has 2 aromatic heterocycles. The fourth-order valence-electron chi connectivity index (χ4n) is 2.39. The van der Waals surface area contributed by atoms with Crippen LogP contribution < -0.4 is 0 Å². The molecule has 1 aliphatic carbocycles. The van der Waals surface area contributed by atoms with Crippen LogP contribution in [0.3, 0.4) is 0 Å². The van der Waals surface area contributed by atoms with Gasteiger partial charge in [-0.05, 0) is 6.92 Å². The van der Waals surface area contributed by atoms with E-state index in [2.05, 4.69) is 25.4 Å². The topological polar surface area (TPSA) is 77.6 Å². The molecule has 7 heteroatoms. The number of aryl methyl sites for hydroxylation is 1. The van der Waals surface area contributed by atoms with Gasteiger partial charge in [-0.2, -0.15) is 9.61 Å². The van der Waals surface area contributed by atoms with Crippen molar-refractivity contribution in [3.8, 4) is 11.3 Å². The molecule has 7 nitrogen and oxygen atoms in total. The summed E-state index contributed by atoms with van der Waals surface area (Å²) in [7, 11) is 1.51. The van der Waals surface area contributed by atoms with Gasteiger partial charge in [-0.25, -0.2) is 4.98 Å². The molecule has 0 unspecified atom stereocenters. The Balaban J connectivity index is 2.11. The minimum absolute atomic E-state index is 0.456. The van der Waals surface area contributed by atoms with Crippen LogP contribution in [0.1, 0.15) is 17.1 Å². The zero-order chi connectivity index (χ0) is 13.7. The molecule has 1 aliphatic rings. The minimum atomic E-state index is 0.456. The quantitative estimate of drug-likeness (QED) is 0.484. The summed E-state index contributed by atoms with van der Waals surface area (Å²) in [6, 6.07) is 7.88. The first-order valence-corrected chi connectivity index (χ1v) is 6.11. The summed E-state index contributed by atoms with van der Waals surface area (Å²) in [5.74, 6) is 1.16. The monoisotopic (exact) mass is 266 g/mol. The molecule has 3 aromatic rings. The van der Waals surface area contributed by atoms with Crippen LogP contribution in [0, 0.1) is 6.92 Å². The molecule has 98 valence electrons. The van der Waals surface area contributed by atoms with Crippen molar-refractivity contribution in [3.63, 3.8) is 0 Å². The summed E-state index contributed by atoms with van der Waals surface area (Å²) >= 11 is 0. The maximum absolute atomic E-state index is 4.93. The second-order valence-corrected chi connectivity index (χ2v) is 4.44. The highest BCUT2D eigenvalue weighted by molar-refractivity contribution is 6.22. The standard InChI is InChI=1S/C13H10N6O/c1-7-15-16-13-14-12-10(17-19(7)13)8-5-3-4-6-9(8)11(12)18-20-2/h3-6H,1-2H3/b18-11+. The number of benzene rings is 1. The Labute approximate surface area is 113 Å². The number of oxime groups is 1. The first kappa shape index (κ1) is 11.0. The van der Waals surface area contributed by atoms with Crippen molar-refractivity contribution in [2.75, 3.05) is 7.11 Å². The molecule has 0 radical (unpaired) electrons. The van der Waals surface area contributed by atoms with Crippen LogP contribution in [-0.2, 0) is 4.84 Å². The van der Waals surface area contributed by atoms with E-state index in [1.54, 1.807) is 4.52 Å². The third-order valence-corrected chi connectivity index (χ3v) is 3.26. The van der Waals surface area contributed by atoms with E-state index in [4.69, 9.17) is 4.84 Å². The summed E-state index contributed by atoms with van der Waals surface area (Å²) in [5, 5.41) is 16.6. The Morgan fingerprint density at radius 1 is 1.10 bits per heavy atom. The van der Waals surface area contributed by atoms with Gasteiger partial charge in [0.05, 0.1) is 0 Å². The van der Waals surface area contributed by atoms with E-state index < -0.39 is 0 Å². The summed E-state index contributed by atoms with van der Waals surface area (Å²) in [6.07, 6.45) is 0. The largest absolute Gasteiger partial charge is 0.399 e. The Morgan fingerprint density at radius 3 is 2.70 bits per heavy atom. The van der Waals surface area contributed by atoms with Crippen LogP contribution in [0.15, 0.2) is 29.4 Å². The van der Waals surface area contributed by atoms with Crippen molar-refractivity contribution in [1.29, 1.82) is 0 Å². The normalized spacial score (nSPS) is 14.6. The number of nitrogens with zero attached hydrogens (tertiary/aromatic N) is 6. The van der Waals surface area contributed by atoms with Gasteiger partial charge in [0.1, 0.15) is 24.2 Å². The molecule has 0 aliphatic heterocycles. The van der Waals surface area contributed by atoms with E-state index >= 15 is 0 Å². The minimum Gasteiger partial charge on any atom is -0.399 e. The Kier molecular flexibility index (Phi) is 2.11. The summed E-state index contributed by atoms with van der Waals surface area (Å²) in [6.45, 7) is 1.84. The number of hydrogen-bond acceptors (Lipinski definition) is 6. The van der Waals surface area contributed by atoms with Crippen LogP contribution in [0.2, 0.25) is 0 Å². The van der Waals surface area contributed by atoms with Gasteiger partial charge < -0.3 is 4.84 Å². The zero-order valence-corrected chi connectivity index (χ0v) is 10.9. The Hall–Kier alpha value is -2.83. The molecule has 4 rings (SSSR count). The molecule has 0 amide bonds. The van der Waals surface area contributed by atoms with Crippen LogP contribution in [0.25, 0.3) is 17.0 Å². The van der Waals surface area contributed by atoms with Crippen molar-refractivity contribution < 1.29 is 4.84 Å². The van der Waals surface area contributed by atoms with Crippen LogP contribution in [0.4, 0.5) is 0 Å². The SMILES string of the molecule is CO/N=C1\c2ccccc2-c2nn3c(C)nnc3nc21.